The van der Waals surface area contributed by atoms with Crippen LogP contribution in [0.15, 0.2) is 181 Å². The summed E-state index contributed by atoms with van der Waals surface area (Å²) in [6, 6.07) is 62.8. The van der Waals surface area contributed by atoms with E-state index in [0.29, 0.717) is 0 Å². The first-order valence-corrected chi connectivity index (χ1v) is 15.1. The van der Waals surface area contributed by atoms with E-state index in [4.69, 9.17) is 4.99 Å². The Morgan fingerprint density at radius 1 is 0.409 bits per heavy atom. The SMILES string of the molecule is c1ccc(C2N=C2c2ccccc2-c2ccc(-c3ccc(N(c4ccccc4)c4cccc5ccccc45)cc3)cc2)cc1. The molecule has 0 saturated carbocycles. The molecule has 0 radical (unpaired) electrons. The van der Waals surface area contributed by atoms with Crippen LogP contribution in [0.5, 0.6) is 0 Å². The molecule has 208 valence electrons. The molecular weight excluding hydrogens is 532 g/mol. The molecule has 1 atom stereocenters. The van der Waals surface area contributed by atoms with E-state index in [1.54, 1.807) is 0 Å². The highest BCUT2D eigenvalue weighted by Gasteiger charge is 2.32. The highest BCUT2D eigenvalue weighted by molar-refractivity contribution is 6.17. The van der Waals surface area contributed by atoms with Crippen molar-refractivity contribution in [1.82, 2.24) is 0 Å². The van der Waals surface area contributed by atoms with Gasteiger partial charge in [-0.1, -0.05) is 146 Å². The summed E-state index contributed by atoms with van der Waals surface area (Å²) < 4.78 is 0. The Hall–Kier alpha value is -5.73. The summed E-state index contributed by atoms with van der Waals surface area (Å²) in [6.07, 6.45) is 0. The standard InChI is InChI=1S/C42H30N2/c1-3-13-34(14-4-1)41-42(43-41)39-20-10-9-18-37(39)33-24-22-30(23-25-33)31-26-28-36(29-27-31)44(35-16-5-2-6-17-35)40-21-11-15-32-12-7-8-19-38(32)40/h1-29,41H. The molecule has 1 aliphatic heterocycles. The molecule has 1 heterocycles. The number of benzene rings is 7. The molecule has 1 aliphatic rings. The van der Waals surface area contributed by atoms with Gasteiger partial charge >= 0.3 is 0 Å². The Balaban J connectivity index is 1.09. The third-order valence-electron chi connectivity index (χ3n) is 8.45. The second-order valence-electron chi connectivity index (χ2n) is 11.2. The van der Waals surface area contributed by atoms with E-state index in [9.17, 15) is 0 Å². The van der Waals surface area contributed by atoms with Gasteiger partial charge in [-0.05, 0) is 63.5 Å². The third kappa shape index (κ3) is 4.87. The Morgan fingerprint density at radius 2 is 0.955 bits per heavy atom. The van der Waals surface area contributed by atoms with Gasteiger partial charge in [-0.3, -0.25) is 4.99 Å². The summed E-state index contributed by atoms with van der Waals surface area (Å²) in [5.74, 6) is 0. The molecule has 44 heavy (non-hydrogen) atoms. The number of hydrogen-bond acceptors (Lipinski definition) is 2. The zero-order valence-corrected chi connectivity index (χ0v) is 24.2. The van der Waals surface area contributed by atoms with Crippen LogP contribution >= 0.6 is 0 Å². The summed E-state index contributed by atoms with van der Waals surface area (Å²) in [4.78, 5) is 7.18. The third-order valence-corrected chi connectivity index (χ3v) is 8.45. The predicted octanol–water partition coefficient (Wildman–Crippen LogP) is 11.2. The van der Waals surface area contributed by atoms with Gasteiger partial charge in [-0.2, -0.15) is 0 Å². The molecule has 2 heteroatoms. The van der Waals surface area contributed by atoms with Crippen molar-refractivity contribution >= 4 is 33.5 Å². The molecule has 1 unspecified atom stereocenters. The fourth-order valence-electron chi connectivity index (χ4n) is 6.20. The topological polar surface area (TPSA) is 15.6 Å². The fraction of sp³-hybridized carbons (Fsp3) is 0.0238. The van der Waals surface area contributed by atoms with Crippen molar-refractivity contribution < 1.29 is 0 Å². The summed E-state index contributed by atoms with van der Waals surface area (Å²) in [7, 11) is 0. The van der Waals surface area contributed by atoms with Gasteiger partial charge in [0.05, 0.1) is 11.4 Å². The van der Waals surface area contributed by atoms with Gasteiger partial charge < -0.3 is 4.90 Å². The first kappa shape index (κ1) is 25.9. The summed E-state index contributed by atoms with van der Waals surface area (Å²) in [5, 5.41) is 2.46. The molecule has 0 spiro atoms. The van der Waals surface area contributed by atoms with Crippen molar-refractivity contribution in [3.63, 3.8) is 0 Å². The molecular formula is C42H30N2. The van der Waals surface area contributed by atoms with Crippen molar-refractivity contribution in [3.05, 3.63) is 187 Å². The lowest BCUT2D eigenvalue weighted by atomic mass is 9.94. The first-order valence-electron chi connectivity index (χ1n) is 15.1. The lowest BCUT2D eigenvalue weighted by molar-refractivity contribution is 1.13. The number of anilines is 3. The summed E-state index contributed by atoms with van der Waals surface area (Å²) >= 11 is 0. The van der Waals surface area contributed by atoms with E-state index in [-0.39, 0.29) is 6.04 Å². The maximum atomic E-state index is 4.84. The Kier molecular flexibility index (Phi) is 6.58. The second-order valence-corrected chi connectivity index (χ2v) is 11.2. The quantitative estimate of drug-likeness (QED) is 0.189. The van der Waals surface area contributed by atoms with Crippen LogP contribution in [0, 0.1) is 0 Å². The molecule has 7 aromatic carbocycles. The van der Waals surface area contributed by atoms with Gasteiger partial charge in [0.15, 0.2) is 0 Å². The largest absolute Gasteiger partial charge is 0.310 e. The van der Waals surface area contributed by atoms with E-state index in [2.05, 4.69) is 181 Å². The normalized spacial score (nSPS) is 13.8. The Labute approximate surface area is 258 Å². The zero-order valence-electron chi connectivity index (χ0n) is 24.2. The van der Waals surface area contributed by atoms with Crippen LogP contribution in [0.1, 0.15) is 17.2 Å². The monoisotopic (exact) mass is 562 g/mol. The van der Waals surface area contributed by atoms with Gasteiger partial charge in [0, 0.05) is 22.3 Å². The van der Waals surface area contributed by atoms with E-state index in [1.165, 1.54) is 55.6 Å². The maximum absolute atomic E-state index is 4.84. The van der Waals surface area contributed by atoms with Crippen LogP contribution in [0.2, 0.25) is 0 Å². The molecule has 0 aromatic heterocycles. The van der Waals surface area contributed by atoms with Crippen LogP contribution in [-0.2, 0) is 0 Å². The zero-order chi connectivity index (χ0) is 29.3. The molecule has 0 saturated heterocycles. The smallest absolute Gasteiger partial charge is 0.118 e. The molecule has 8 rings (SSSR count). The van der Waals surface area contributed by atoms with Crippen LogP contribution in [0.4, 0.5) is 17.1 Å². The van der Waals surface area contributed by atoms with Crippen molar-refractivity contribution in [2.45, 2.75) is 6.04 Å². The Bertz CT molecular complexity index is 2090. The minimum absolute atomic E-state index is 0.166. The van der Waals surface area contributed by atoms with E-state index in [1.807, 2.05) is 0 Å². The predicted molar refractivity (Wildman–Crippen MR) is 185 cm³/mol. The molecule has 2 nitrogen and oxygen atoms in total. The van der Waals surface area contributed by atoms with Gasteiger partial charge in [-0.15, -0.1) is 0 Å². The summed E-state index contributed by atoms with van der Waals surface area (Å²) in [5.41, 5.74) is 11.9. The highest BCUT2D eigenvalue weighted by atomic mass is 15.1. The number of hydrogen-bond donors (Lipinski definition) is 0. The first-order chi connectivity index (χ1) is 21.8. The van der Waals surface area contributed by atoms with Gasteiger partial charge in [0.1, 0.15) is 6.04 Å². The van der Waals surface area contributed by atoms with E-state index in [0.717, 1.165) is 11.4 Å². The lowest BCUT2D eigenvalue weighted by Gasteiger charge is -2.27. The van der Waals surface area contributed by atoms with Crippen molar-refractivity contribution in [1.29, 1.82) is 0 Å². The summed E-state index contributed by atoms with van der Waals surface area (Å²) in [6.45, 7) is 0. The van der Waals surface area contributed by atoms with Crippen molar-refractivity contribution in [2.75, 3.05) is 4.90 Å². The van der Waals surface area contributed by atoms with Gasteiger partial charge in [0.25, 0.3) is 0 Å². The molecule has 0 N–H and O–H groups in total. The molecule has 0 amide bonds. The molecule has 0 bridgehead atoms. The van der Waals surface area contributed by atoms with Crippen molar-refractivity contribution in [2.24, 2.45) is 4.99 Å². The maximum Gasteiger partial charge on any atom is 0.118 e. The Morgan fingerprint density at radius 3 is 1.70 bits per heavy atom. The number of nitrogens with zero attached hydrogens (tertiary/aromatic N) is 2. The highest BCUT2D eigenvalue weighted by Crippen LogP contribution is 2.41. The van der Waals surface area contributed by atoms with Crippen LogP contribution in [0.25, 0.3) is 33.0 Å². The second kappa shape index (κ2) is 11.2. The molecule has 0 fully saturated rings. The van der Waals surface area contributed by atoms with Crippen LogP contribution in [-0.4, -0.2) is 5.71 Å². The van der Waals surface area contributed by atoms with E-state index >= 15 is 0 Å². The van der Waals surface area contributed by atoms with Gasteiger partial charge in [-0.25, -0.2) is 0 Å². The number of rotatable bonds is 7. The molecule has 7 aromatic rings. The number of para-hydroxylation sites is 1. The minimum Gasteiger partial charge on any atom is -0.310 e. The lowest BCUT2D eigenvalue weighted by Crippen LogP contribution is -2.10. The number of aliphatic imine (C=N–C) groups is 1. The fourth-order valence-corrected chi connectivity index (χ4v) is 6.20. The van der Waals surface area contributed by atoms with Crippen LogP contribution in [0.3, 0.4) is 0 Å². The van der Waals surface area contributed by atoms with Crippen LogP contribution < -0.4 is 4.90 Å². The molecule has 0 aliphatic carbocycles. The van der Waals surface area contributed by atoms with Crippen molar-refractivity contribution in [3.8, 4) is 22.3 Å². The van der Waals surface area contributed by atoms with E-state index < -0.39 is 0 Å². The minimum atomic E-state index is 0.166. The van der Waals surface area contributed by atoms with Gasteiger partial charge in [0.2, 0.25) is 0 Å². The average Bonchev–Trinajstić information content (AvgIpc) is 3.91. The number of fused-ring (bicyclic) bond motifs is 1. The average molecular weight is 563 g/mol.